The molecule has 1 rings (SSSR count). The number of carboxylic acids is 1. The third-order valence-corrected chi connectivity index (χ3v) is 4.15. The molecule has 0 aliphatic rings. The van der Waals surface area contributed by atoms with Gasteiger partial charge in [-0.05, 0) is 18.6 Å². The lowest BCUT2D eigenvalue weighted by Gasteiger charge is -2.29. The number of ether oxygens (including phenoxy) is 3. The van der Waals surface area contributed by atoms with Gasteiger partial charge in [-0.3, -0.25) is 19.7 Å². The number of nitrogens with zero attached hydrogens (tertiary/aromatic N) is 2. The maximum atomic E-state index is 12.7. The number of carbonyl (C=O) groups excluding carboxylic acids is 1. The number of carboxylic acid groups (broad SMARTS) is 1. The van der Waals surface area contributed by atoms with E-state index in [-0.39, 0.29) is 37.0 Å². The van der Waals surface area contributed by atoms with Crippen LogP contribution in [0, 0.1) is 16.0 Å². The van der Waals surface area contributed by atoms with Crippen LogP contribution in [0.15, 0.2) is 24.3 Å². The molecule has 0 aliphatic heterocycles. The van der Waals surface area contributed by atoms with E-state index >= 15 is 0 Å². The van der Waals surface area contributed by atoms with Crippen LogP contribution in [0.3, 0.4) is 0 Å². The standard InChI is InChI=1S/C18H26N2O8/c1-13(18(22)23)10-16(11-28-12-27-9-8-26-3)19(2)17(21)14-4-6-15(7-5-14)20(24)25/h4-7,13,16H,8-12H2,1-3H3,(H,22,23)/t13-,16-/m0/s1. The van der Waals surface area contributed by atoms with E-state index in [9.17, 15) is 24.8 Å². The lowest BCUT2D eigenvalue weighted by atomic mass is 10.0. The van der Waals surface area contributed by atoms with Crippen molar-refractivity contribution < 1.29 is 33.8 Å². The molecular formula is C18H26N2O8. The molecule has 0 spiro atoms. The average molecular weight is 398 g/mol. The first-order valence-electron chi connectivity index (χ1n) is 8.66. The van der Waals surface area contributed by atoms with Crippen molar-refractivity contribution in [2.24, 2.45) is 5.92 Å². The quantitative estimate of drug-likeness (QED) is 0.230. The summed E-state index contributed by atoms with van der Waals surface area (Å²) in [5.74, 6) is -2.05. The molecule has 28 heavy (non-hydrogen) atoms. The maximum Gasteiger partial charge on any atom is 0.306 e. The van der Waals surface area contributed by atoms with Crippen LogP contribution in [0.5, 0.6) is 0 Å². The molecule has 2 atom stereocenters. The predicted octanol–water partition coefficient (Wildman–Crippen LogP) is 1.78. The fourth-order valence-electron chi connectivity index (χ4n) is 2.39. The summed E-state index contributed by atoms with van der Waals surface area (Å²) in [6.45, 7) is 2.39. The number of nitro benzene ring substituents is 1. The molecule has 1 amide bonds. The van der Waals surface area contributed by atoms with Gasteiger partial charge in [0.1, 0.15) is 6.79 Å². The highest BCUT2D eigenvalue weighted by Gasteiger charge is 2.26. The number of methoxy groups -OCH3 is 1. The number of nitro groups is 1. The lowest BCUT2D eigenvalue weighted by Crippen LogP contribution is -2.42. The monoisotopic (exact) mass is 398 g/mol. The van der Waals surface area contributed by atoms with Gasteiger partial charge in [-0.15, -0.1) is 0 Å². The highest BCUT2D eigenvalue weighted by Crippen LogP contribution is 2.17. The van der Waals surface area contributed by atoms with E-state index in [2.05, 4.69) is 0 Å². The average Bonchev–Trinajstić information content (AvgIpc) is 2.68. The number of hydrogen-bond donors (Lipinski definition) is 1. The molecule has 0 saturated heterocycles. The molecule has 0 bridgehead atoms. The number of hydrogen-bond acceptors (Lipinski definition) is 7. The van der Waals surface area contributed by atoms with Gasteiger partial charge in [0, 0.05) is 31.9 Å². The second-order valence-electron chi connectivity index (χ2n) is 6.24. The van der Waals surface area contributed by atoms with Crippen LogP contribution in [0.2, 0.25) is 0 Å². The molecule has 10 heteroatoms. The van der Waals surface area contributed by atoms with E-state index in [4.69, 9.17) is 14.2 Å². The number of aliphatic carboxylic acids is 1. The first kappa shape index (κ1) is 23.5. The minimum atomic E-state index is -0.975. The Labute approximate surface area is 163 Å². The van der Waals surface area contributed by atoms with Gasteiger partial charge in [0.15, 0.2) is 0 Å². The highest BCUT2D eigenvalue weighted by molar-refractivity contribution is 5.94. The minimum absolute atomic E-state index is 0.0130. The van der Waals surface area contributed by atoms with Gasteiger partial charge in [0.25, 0.3) is 11.6 Å². The van der Waals surface area contributed by atoms with Crippen molar-refractivity contribution in [1.29, 1.82) is 0 Å². The maximum absolute atomic E-state index is 12.7. The second-order valence-corrected chi connectivity index (χ2v) is 6.24. The Morgan fingerprint density at radius 1 is 1.21 bits per heavy atom. The number of non-ortho nitro benzene ring substituents is 1. The summed E-state index contributed by atoms with van der Waals surface area (Å²) in [6.07, 6.45) is 0.183. The van der Waals surface area contributed by atoms with Crippen LogP contribution in [0.4, 0.5) is 5.69 Å². The fraction of sp³-hybridized carbons (Fsp3) is 0.556. The summed E-state index contributed by atoms with van der Waals surface area (Å²) < 4.78 is 15.5. The van der Waals surface area contributed by atoms with E-state index in [1.54, 1.807) is 14.0 Å². The van der Waals surface area contributed by atoms with E-state index in [1.807, 2.05) is 0 Å². The third-order valence-electron chi connectivity index (χ3n) is 4.15. The van der Waals surface area contributed by atoms with Crippen LogP contribution < -0.4 is 0 Å². The third kappa shape index (κ3) is 7.59. The zero-order valence-corrected chi connectivity index (χ0v) is 16.2. The summed E-state index contributed by atoms with van der Waals surface area (Å²) in [7, 11) is 3.09. The molecular weight excluding hydrogens is 372 g/mol. The zero-order chi connectivity index (χ0) is 21.1. The van der Waals surface area contributed by atoms with Crippen LogP contribution in [-0.4, -0.2) is 73.6 Å². The van der Waals surface area contributed by atoms with Crippen molar-refractivity contribution in [1.82, 2.24) is 4.90 Å². The largest absolute Gasteiger partial charge is 0.481 e. The second kappa shape index (κ2) is 12.0. The molecule has 0 heterocycles. The highest BCUT2D eigenvalue weighted by atomic mass is 16.7. The number of carbonyl (C=O) groups is 2. The zero-order valence-electron chi connectivity index (χ0n) is 16.2. The van der Waals surface area contributed by atoms with E-state index in [1.165, 1.54) is 36.2 Å². The Kier molecular flexibility index (Phi) is 10.1. The van der Waals surface area contributed by atoms with Gasteiger partial charge in [-0.1, -0.05) is 6.92 Å². The van der Waals surface area contributed by atoms with Gasteiger partial charge < -0.3 is 24.2 Å². The number of amides is 1. The summed E-state index contributed by atoms with van der Waals surface area (Å²) in [4.78, 5) is 35.5. The van der Waals surface area contributed by atoms with Crippen LogP contribution in [-0.2, 0) is 19.0 Å². The van der Waals surface area contributed by atoms with Crippen molar-refractivity contribution >= 4 is 17.6 Å². The van der Waals surface area contributed by atoms with Crippen molar-refractivity contribution in [3.8, 4) is 0 Å². The van der Waals surface area contributed by atoms with Crippen LogP contribution >= 0.6 is 0 Å². The van der Waals surface area contributed by atoms with E-state index < -0.39 is 22.9 Å². The Morgan fingerprint density at radius 3 is 2.39 bits per heavy atom. The molecule has 156 valence electrons. The van der Waals surface area contributed by atoms with Crippen molar-refractivity contribution in [2.45, 2.75) is 19.4 Å². The van der Waals surface area contributed by atoms with Crippen LogP contribution in [0.25, 0.3) is 0 Å². The first-order valence-corrected chi connectivity index (χ1v) is 8.66. The van der Waals surface area contributed by atoms with Gasteiger partial charge in [-0.25, -0.2) is 0 Å². The van der Waals surface area contributed by atoms with Crippen molar-refractivity contribution in [2.75, 3.05) is 40.8 Å². The molecule has 10 nitrogen and oxygen atoms in total. The van der Waals surface area contributed by atoms with Crippen molar-refractivity contribution in [3.05, 3.63) is 39.9 Å². The smallest absolute Gasteiger partial charge is 0.306 e. The Hall–Kier alpha value is -2.56. The van der Waals surface area contributed by atoms with Gasteiger partial charge in [-0.2, -0.15) is 0 Å². The molecule has 0 aliphatic carbocycles. The number of benzene rings is 1. The molecule has 0 unspecified atom stereocenters. The molecule has 0 aromatic heterocycles. The lowest BCUT2D eigenvalue weighted by molar-refractivity contribution is -0.384. The normalized spacial score (nSPS) is 13.0. The summed E-state index contributed by atoms with van der Waals surface area (Å²) >= 11 is 0. The fourth-order valence-corrected chi connectivity index (χ4v) is 2.39. The van der Waals surface area contributed by atoms with Crippen molar-refractivity contribution in [3.63, 3.8) is 0 Å². The molecule has 1 aromatic rings. The molecule has 0 radical (unpaired) electrons. The Morgan fingerprint density at radius 2 is 1.86 bits per heavy atom. The number of rotatable bonds is 13. The van der Waals surface area contributed by atoms with E-state index in [0.717, 1.165) is 0 Å². The Balaban J connectivity index is 2.77. The van der Waals surface area contributed by atoms with Gasteiger partial charge in [0.2, 0.25) is 0 Å². The molecule has 0 saturated carbocycles. The Bertz CT molecular complexity index is 649. The van der Waals surface area contributed by atoms with E-state index in [0.29, 0.717) is 13.2 Å². The van der Waals surface area contributed by atoms with Gasteiger partial charge >= 0.3 is 5.97 Å². The number of likely N-dealkylation sites (N-methyl/N-ethyl adjacent to an activating group) is 1. The molecule has 1 N–H and O–H groups in total. The SMILES string of the molecule is COCCOCOC[C@H](C[C@H](C)C(=O)O)N(C)C(=O)c1ccc([N+](=O)[O-])cc1. The van der Waals surface area contributed by atoms with Gasteiger partial charge in [0.05, 0.1) is 36.7 Å². The summed E-state index contributed by atoms with van der Waals surface area (Å²) in [5.41, 5.74) is 0.143. The molecule has 0 fully saturated rings. The summed E-state index contributed by atoms with van der Waals surface area (Å²) in [5, 5.41) is 19.9. The summed E-state index contributed by atoms with van der Waals surface area (Å²) in [6, 6.07) is 4.71. The molecule has 1 aromatic carbocycles. The minimum Gasteiger partial charge on any atom is -0.481 e. The predicted molar refractivity (Wildman–Crippen MR) is 99.0 cm³/mol. The van der Waals surface area contributed by atoms with Crippen LogP contribution in [0.1, 0.15) is 23.7 Å². The topological polar surface area (TPSA) is 128 Å². The first-order chi connectivity index (χ1) is 13.3.